The number of hydrogen-bond acceptors (Lipinski definition) is 5. The quantitative estimate of drug-likeness (QED) is 0.829. The first-order chi connectivity index (χ1) is 10.1. The molecule has 110 valence electrons. The predicted octanol–water partition coefficient (Wildman–Crippen LogP) is 2.32. The average Bonchev–Trinajstić information content (AvgIpc) is 2.89. The van der Waals surface area contributed by atoms with Gasteiger partial charge in [-0.05, 0) is 19.4 Å². The smallest absolute Gasteiger partial charge is 0.190 e. The summed E-state index contributed by atoms with van der Waals surface area (Å²) in [7, 11) is 1.90. The monoisotopic (exact) mass is 301 g/mol. The molecule has 0 aliphatic heterocycles. The number of benzene rings is 1. The highest BCUT2D eigenvalue weighted by Gasteiger charge is 2.33. The van der Waals surface area contributed by atoms with Crippen molar-refractivity contribution in [1.29, 1.82) is 5.26 Å². The Labute approximate surface area is 129 Å². The largest absolute Gasteiger partial charge is 0.312 e. The molecule has 0 bridgehead atoms. The van der Waals surface area contributed by atoms with E-state index in [4.69, 9.17) is 0 Å². The number of hydrogen-bond donors (Lipinski definition) is 1. The van der Waals surface area contributed by atoms with Gasteiger partial charge in [-0.25, -0.2) is 0 Å². The van der Waals surface area contributed by atoms with Crippen molar-refractivity contribution >= 4 is 11.8 Å². The molecule has 5 nitrogen and oxygen atoms in total. The lowest BCUT2D eigenvalue weighted by Gasteiger charge is -2.30. The molecule has 0 saturated carbocycles. The first kappa shape index (κ1) is 15.5. The first-order valence-electron chi connectivity index (χ1n) is 6.78. The Hall–Kier alpha value is -1.84. The summed E-state index contributed by atoms with van der Waals surface area (Å²) < 4.78 is 1.85. The van der Waals surface area contributed by atoms with E-state index in [2.05, 4.69) is 21.6 Å². The molecule has 0 spiro atoms. The zero-order chi connectivity index (χ0) is 15.3. The molecule has 6 heteroatoms. The maximum atomic E-state index is 9.81. The minimum Gasteiger partial charge on any atom is -0.312 e. The van der Waals surface area contributed by atoms with E-state index in [-0.39, 0.29) is 6.04 Å². The zero-order valence-corrected chi connectivity index (χ0v) is 13.3. The Morgan fingerprint density at radius 1 is 1.38 bits per heavy atom. The third-order valence-corrected chi connectivity index (χ3v) is 4.29. The fourth-order valence-electron chi connectivity index (χ4n) is 2.13. The number of rotatable bonds is 6. The van der Waals surface area contributed by atoms with E-state index >= 15 is 0 Å². The van der Waals surface area contributed by atoms with Crippen LogP contribution in [0.1, 0.15) is 19.4 Å². The van der Waals surface area contributed by atoms with Gasteiger partial charge in [0.05, 0.1) is 6.07 Å². The number of aromatic nitrogens is 3. The van der Waals surface area contributed by atoms with E-state index in [0.717, 1.165) is 10.7 Å². The number of aryl methyl sites for hydroxylation is 1. The van der Waals surface area contributed by atoms with Crippen molar-refractivity contribution in [3.05, 3.63) is 42.2 Å². The maximum absolute atomic E-state index is 9.81. The molecule has 1 atom stereocenters. The Bertz CT molecular complexity index is 616. The van der Waals surface area contributed by atoms with Crippen LogP contribution in [-0.4, -0.2) is 26.6 Å². The molecule has 0 amide bonds. The van der Waals surface area contributed by atoms with Crippen LogP contribution < -0.4 is 5.32 Å². The Kier molecular flexibility index (Phi) is 4.99. The van der Waals surface area contributed by atoms with Gasteiger partial charge in [0, 0.05) is 18.8 Å². The molecule has 1 heterocycles. The molecule has 2 aromatic rings. The van der Waals surface area contributed by atoms with Crippen LogP contribution >= 0.6 is 11.8 Å². The van der Waals surface area contributed by atoms with E-state index < -0.39 is 5.54 Å². The van der Waals surface area contributed by atoms with Gasteiger partial charge in [0.1, 0.15) is 11.9 Å². The third kappa shape index (κ3) is 3.63. The summed E-state index contributed by atoms with van der Waals surface area (Å²) in [6.07, 6.45) is 1.66. The second kappa shape index (κ2) is 6.74. The highest BCUT2D eigenvalue weighted by Crippen LogP contribution is 2.29. The second-order valence-electron chi connectivity index (χ2n) is 5.20. The van der Waals surface area contributed by atoms with Crippen molar-refractivity contribution in [1.82, 2.24) is 20.1 Å². The van der Waals surface area contributed by atoms with Crippen molar-refractivity contribution < 1.29 is 0 Å². The van der Waals surface area contributed by atoms with Crippen LogP contribution in [0.3, 0.4) is 0 Å². The SMILES string of the molecule is CC(C)NC(C#N)(CSc1nncn1C)c1ccccc1. The van der Waals surface area contributed by atoms with Crippen molar-refractivity contribution in [3.8, 4) is 6.07 Å². The third-order valence-electron chi connectivity index (χ3n) is 3.08. The van der Waals surface area contributed by atoms with E-state index in [9.17, 15) is 5.26 Å². The highest BCUT2D eigenvalue weighted by atomic mass is 32.2. The Morgan fingerprint density at radius 3 is 2.62 bits per heavy atom. The normalized spacial score (nSPS) is 13.9. The fraction of sp³-hybridized carbons (Fsp3) is 0.400. The van der Waals surface area contributed by atoms with Crippen molar-refractivity contribution in [2.75, 3.05) is 5.75 Å². The van der Waals surface area contributed by atoms with Crippen molar-refractivity contribution in [2.45, 2.75) is 30.6 Å². The van der Waals surface area contributed by atoms with Crippen LogP contribution in [0, 0.1) is 11.3 Å². The summed E-state index contributed by atoms with van der Waals surface area (Å²) in [5, 5.41) is 21.9. The topological polar surface area (TPSA) is 66.5 Å². The van der Waals surface area contributed by atoms with E-state index in [1.54, 1.807) is 6.33 Å². The summed E-state index contributed by atoms with van der Waals surface area (Å²) in [4.78, 5) is 0. The van der Waals surface area contributed by atoms with Crippen LogP contribution in [0.4, 0.5) is 0 Å². The summed E-state index contributed by atoms with van der Waals surface area (Å²) in [5.41, 5.74) is 0.224. The van der Waals surface area contributed by atoms with E-state index in [1.807, 2.05) is 55.8 Å². The highest BCUT2D eigenvalue weighted by molar-refractivity contribution is 7.99. The van der Waals surface area contributed by atoms with Crippen LogP contribution in [0.2, 0.25) is 0 Å². The van der Waals surface area contributed by atoms with Crippen molar-refractivity contribution in [3.63, 3.8) is 0 Å². The molecule has 0 fully saturated rings. The van der Waals surface area contributed by atoms with E-state index in [0.29, 0.717) is 5.75 Å². The van der Waals surface area contributed by atoms with Gasteiger partial charge in [0.25, 0.3) is 0 Å². The molecule has 0 aliphatic carbocycles. The molecule has 1 aromatic heterocycles. The van der Waals surface area contributed by atoms with Crippen LogP contribution in [0.5, 0.6) is 0 Å². The molecular formula is C15H19N5S. The molecule has 1 aromatic carbocycles. The lowest BCUT2D eigenvalue weighted by molar-refractivity contribution is 0.425. The van der Waals surface area contributed by atoms with Gasteiger partial charge in [0.15, 0.2) is 5.16 Å². The van der Waals surface area contributed by atoms with Gasteiger partial charge in [0.2, 0.25) is 0 Å². The summed E-state index contributed by atoms with van der Waals surface area (Å²) in [6.45, 7) is 4.09. The maximum Gasteiger partial charge on any atom is 0.190 e. The average molecular weight is 301 g/mol. The number of nitrogens with one attached hydrogen (secondary N) is 1. The number of nitrogens with zero attached hydrogens (tertiary/aromatic N) is 4. The van der Waals surface area contributed by atoms with Crippen LogP contribution in [0.25, 0.3) is 0 Å². The lowest BCUT2D eigenvalue weighted by Crippen LogP contribution is -2.47. The van der Waals surface area contributed by atoms with Crippen LogP contribution in [0.15, 0.2) is 41.8 Å². The fourth-order valence-corrected chi connectivity index (χ4v) is 3.14. The van der Waals surface area contributed by atoms with Crippen LogP contribution in [-0.2, 0) is 12.6 Å². The number of thioether (sulfide) groups is 1. The molecule has 0 aliphatic rings. The minimum atomic E-state index is -0.744. The summed E-state index contributed by atoms with van der Waals surface area (Å²) in [5.74, 6) is 0.568. The van der Waals surface area contributed by atoms with Gasteiger partial charge < -0.3 is 4.57 Å². The van der Waals surface area contributed by atoms with Gasteiger partial charge in [-0.2, -0.15) is 5.26 Å². The minimum absolute atomic E-state index is 0.199. The molecule has 0 radical (unpaired) electrons. The zero-order valence-electron chi connectivity index (χ0n) is 12.4. The van der Waals surface area contributed by atoms with Gasteiger partial charge in [-0.3, -0.25) is 5.32 Å². The number of nitriles is 1. The summed E-state index contributed by atoms with van der Waals surface area (Å²) in [6, 6.07) is 12.5. The Balaban J connectivity index is 2.28. The molecule has 2 rings (SSSR count). The van der Waals surface area contributed by atoms with E-state index in [1.165, 1.54) is 11.8 Å². The second-order valence-corrected chi connectivity index (χ2v) is 6.14. The first-order valence-corrected chi connectivity index (χ1v) is 7.77. The molecular weight excluding hydrogens is 282 g/mol. The molecule has 21 heavy (non-hydrogen) atoms. The van der Waals surface area contributed by atoms with Gasteiger partial charge in [-0.15, -0.1) is 10.2 Å². The molecule has 0 saturated heterocycles. The molecule has 1 N–H and O–H groups in total. The van der Waals surface area contributed by atoms with Gasteiger partial charge >= 0.3 is 0 Å². The predicted molar refractivity (Wildman–Crippen MR) is 83.7 cm³/mol. The Morgan fingerprint density at radius 2 is 2.10 bits per heavy atom. The lowest BCUT2D eigenvalue weighted by atomic mass is 9.92. The molecule has 1 unspecified atom stereocenters. The standard InChI is InChI=1S/C15H19N5S/c1-12(2)18-15(9-16,13-7-5-4-6-8-13)10-21-14-19-17-11-20(14)3/h4-8,11-12,18H,10H2,1-3H3. The summed E-state index contributed by atoms with van der Waals surface area (Å²) >= 11 is 1.53. The van der Waals surface area contributed by atoms with Crippen molar-refractivity contribution in [2.24, 2.45) is 7.05 Å². The van der Waals surface area contributed by atoms with Gasteiger partial charge in [-0.1, -0.05) is 42.1 Å².